The maximum atomic E-state index is 14.2. The van der Waals surface area contributed by atoms with Crippen molar-refractivity contribution in [2.75, 3.05) is 67.1 Å². The summed E-state index contributed by atoms with van der Waals surface area (Å²) in [6.07, 6.45) is 5.83. The molecule has 0 saturated heterocycles. The molecule has 5 aromatic rings. The average molecular weight is 1110 g/mol. The van der Waals surface area contributed by atoms with Crippen LogP contribution >= 0.6 is 21.6 Å². The van der Waals surface area contributed by atoms with Gasteiger partial charge in [-0.25, -0.2) is 0 Å². The van der Waals surface area contributed by atoms with E-state index in [9.17, 15) is 27.4 Å². The van der Waals surface area contributed by atoms with E-state index in [0.717, 1.165) is 70.6 Å². The van der Waals surface area contributed by atoms with Crippen molar-refractivity contribution in [3.63, 3.8) is 0 Å². The zero-order valence-electron chi connectivity index (χ0n) is 44.6. The van der Waals surface area contributed by atoms with Gasteiger partial charge < -0.3 is 33.5 Å². The number of fused-ring (bicyclic) bond motifs is 8. The number of methoxy groups -OCH3 is 1. The van der Waals surface area contributed by atoms with Crippen LogP contribution in [0.15, 0.2) is 96.0 Å². The number of anilines is 3. The van der Waals surface area contributed by atoms with Crippen LogP contribution in [0.2, 0.25) is 0 Å². The van der Waals surface area contributed by atoms with Gasteiger partial charge in [-0.2, -0.15) is 8.42 Å². The van der Waals surface area contributed by atoms with Crippen LogP contribution in [-0.4, -0.2) is 111 Å². The van der Waals surface area contributed by atoms with E-state index in [4.69, 9.17) is 28.7 Å². The number of hydrogen-bond donors (Lipinski definition) is 1. The molecule has 0 bridgehead atoms. The van der Waals surface area contributed by atoms with Crippen molar-refractivity contribution < 1.29 is 51.0 Å². The number of benzene rings is 5. The van der Waals surface area contributed by atoms with Crippen molar-refractivity contribution in [1.29, 1.82) is 0 Å². The van der Waals surface area contributed by atoms with E-state index >= 15 is 0 Å². The molecule has 5 aromatic carbocycles. The Morgan fingerprint density at radius 2 is 1.48 bits per heavy atom. The summed E-state index contributed by atoms with van der Waals surface area (Å²) in [6.45, 7) is 12.8. The van der Waals surface area contributed by atoms with Gasteiger partial charge in [-0.15, -0.1) is 0 Å². The first-order chi connectivity index (χ1) is 37.0. The molecule has 0 aromatic heterocycles. The third-order valence-corrected chi connectivity index (χ3v) is 18.9. The van der Waals surface area contributed by atoms with Crippen molar-refractivity contribution in [2.45, 2.75) is 108 Å². The molecule has 1 unspecified atom stereocenters. The van der Waals surface area contributed by atoms with E-state index in [1.165, 1.54) is 23.3 Å². The summed E-state index contributed by atoms with van der Waals surface area (Å²) >= 11 is 0. The molecule has 0 saturated carbocycles. The highest BCUT2D eigenvalue weighted by atomic mass is 33.1. The SMILES string of the molecule is CCCOCCOCCN(CC(C)(C)SSCCC(C(C)=O)S(=O)(=O)O)c1cc(COc2cc3c(cc2C)C(=O)N2c4ccccc4C[C@H]2CC3)cc(COc2cc3c(cc2OC)C(=O)N2c4ccccc4C[C@H]2C=N3)c1. The van der Waals surface area contributed by atoms with E-state index in [0.29, 0.717) is 85.8 Å². The largest absolute Gasteiger partial charge is 0.493 e. The Kier molecular flexibility index (Phi) is 17.7. The first-order valence-corrected chi connectivity index (χ1v) is 30.1. The van der Waals surface area contributed by atoms with Crippen LogP contribution in [0.5, 0.6) is 17.2 Å². The summed E-state index contributed by atoms with van der Waals surface area (Å²) in [6, 6.07) is 29.7. The molecule has 4 aliphatic rings. The summed E-state index contributed by atoms with van der Waals surface area (Å²) in [5.74, 6) is 1.10. The molecule has 3 atom stereocenters. The Morgan fingerprint density at radius 1 is 0.818 bits per heavy atom. The summed E-state index contributed by atoms with van der Waals surface area (Å²) in [7, 11) is 0.0568. The molecular weight excluding hydrogens is 1040 g/mol. The molecule has 15 nitrogen and oxygen atoms in total. The number of hydrogen-bond acceptors (Lipinski definition) is 14. The third-order valence-electron chi connectivity index (χ3n) is 14.3. The molecule has 4 heterocycles. The molecule has 18 heteroatoms. The van der Waals surface area contributed by atoms with Crippen LogP contribution in [0.1, 0.15) is 101 Å². The smallest absolute Gasteiger partial charge is 0.274 e. The minimum absolute atomic E-state index is 0.0103. The molecular formula is C59H68N4O11S3. The highest BCUT2D eigenvalue weighted by Crippen LogP contribution is 2.43. The third kappa shape index (κ3) is 13.0. The first-order valence-electron chi connectivity index (χ1n) is 26.3. The molecule has 0 fully saturated rings. The van der Waals surface area contributed by atoms with Gasteiger partial charge in [0.25, 0.3) is 21.9 Å². The Hall–Kier alpha value is -5.89. The predicted molar refractivity (Wildman–Crippen MR) is 306 cm³/mol. The highest BCUT2D eigenvalue weighted by Gasteiger charge is 2.39. The molecule has 408 valence electrons. The first kappa shape index (κ1) is 55.9. The lowest BCUT2D eigenvalue weighted by Gasteiger charge is -2.34. The standard InChI is InChI=1S/C59H68N4O11S3/c1-7-20-71-22-23-72-21-19-61(37-59(4,5)76-75-24-18-56(39(3)64)77(67,68)69)46-27-40(35-73-53-31-42-16-17-45-29-43-12-8-10-14-51(43)62(45)57(65)48(42)25-38(53)2)26-41(28-46)36-74-55-33-50-49(32-54(55)70-6)58(66)63-47(34-60-50)30-44-13-9-11-15-52(44)63/h8-15,25-28,31-34,45,47,56H,7,16-24,29-30,35-37H2,1-6H3,(H,67,68,69)/t45-,47+,56?/m1/s1. The van der Waals surface area contributed by atoms with Crippen LogP contribution < -0.4 is 28.9 Å². The molecule has 2 amide bonds. The number of ketones is 1. The fraction of sp³-hybridized carbons (Fsp3) is 0.424. The van der Waals surface area contributed by atoms with Gasteiger partial charge in [-0.3, -0.25) is 28.8 Å². The molecule has 77 heavy (non-hydrogen) atoms. The van der Waals surface area contributed by atoms with Gasteiger partial charge in [0, 0.05) is 77.6 Å². The van der Waals surface area contributed by atoms with E-state index in [1.54, 1.807) is 34.9 Å². The zero-order valence-corrected chi connectivity index (χ0v) is 47.1. The summed E-state index contributed by atoms with van der Waals surface area (Å²) < 4.78 is 64.3. The second-order valence-electron chi connectivity index (χ2n) is 20.6. The van der Waals surface area contributed by atoms with Crippen molar-refractivity contribution in [1.82, 2.24) is 0 Å². The average Bonchev–Trinajstić information content (AvgIpc) is 3.90. The van der Waals surface area contributed by atoms with Gasteiger partial charge in [-0.1, -0.05) is 64.9 Å². The number of nitrogens with zero attached hydrogens (tertiary/aromatic N) is 4. The maximum absolute atomic E-state index is 14.2. The number of ether oxygens (including phenoxy) is 5. The Morgan fingerprint density at radius 3 is 2.17 bits per heavy atom. The maximum Gasteiger partial charge on any atom is 0.274 e. The molecule has 0 aliphatic carbocycles. The normalized spacial score (nSPS) is 16.9. The van der Waals surface area contributed by atoms with Gasteiger partial charge in [0.15, 0.2) is 11.5 Å². The van der Waals surface area contributed by atoms with Gasteiger partial charge in [0.1, 0.15) is 30.0 Å². The monoisotopic (exact) mass is 1100 g/mol. The minimum atomic E-state index is -4.52. The quantitative estimate of drug-likeness (QED) is 0.0332. The van der Waals surface area contributed by atoms with E-state index < -0.39 is 25.9 Å². The van der Waals surface area contributed by atoms with Crippen molar-refractivity contribution in [2.24, 2.45) is 4.99 Å². The predicted octanol–water partition coefficient (Wildman–Crippen LogP) is 10.6. The van der Waals surface area contributed by atoms with Crippen LogP contribution in [0, 0.1) is 6.92 Å². The molecule has 1 N–H and O–H groups in total. The minimum Gasteiger partial charge on any atom is -0.493 e. The molecule has 9 rings (SSSR count). The lowest BCUT2D eigenvalue weighted by Crippen LogP contribution is -2.38. The second kappa shape index (κ2) is 24.4. The van der Waals surface area contributed by atoms with E-state index in [1.807, 2.05) is 72.6 Å². The number of aryl methyl sites for hydroxylation is 2. The number of amides is 2. The van der Waals surface area contributed by atoms with Crippen molar-refractivity contribution in [3.8, 4) is 17.2 Å². The lowest BCUT2D eigenvalue weighted by molar-refractivity contribution is -0.116. The fourth-order valence-corrected chi connectivity index (χ4v) is 14.2. The van der Waals surface area contributed by atoms with Gasteiger partial charge in [0.2, 0.25) is 0 Å². The van der Waals surface area contributed by atoms with Gasteiger partial charge in [-0.05, 0) is 142 Å². The number of aliphatic imine (C=N–C) groups is 1. The van der Waals surface area contributed by atoms with E-state index in [-0.39, 0.29) is 43.5 Å². The van der Waals surface area contributed by atoms with Crippen molar-refractivity contribution >= 4 is 78.3 Å². The topological polar surface area (TPSA) is 174 Å². The number of rotatable bonds is 25. The van der Waals surface area contributed by atoms with Crippen LogP contribution in [0.25, 0.3) is 0 Å². The number of carbonyl (C=O) groups is 3. The fourth-order valence-electron chi connectivity index (χ4n) is 10.7. The zero-order chi connectivity index (χ0) is 54.4. The number of para-hydroxylation sites is 2. The molecule has 0 radical (unpaired) electrons. The van der Waals surface area contributed by atoms with E-state index in [2.05, 4.69) is 49.9 Å². The Bertz CT molecular complexity index is 3150. The van der Waals surface area contributed by atoms with Gasteiger partial charge in [0.05, 0.1) is 44.2 Å². The molecule has 0 spiro atoms. The van der Waals surface area contributed by atoms with Crippen molar-refractivity contribution in [3.05, 3.63) is 136 Å². The van der Waals surface area contributed by atoms with Crippen LogP contribution in [0.3, 0.4) is 0 Å². The number of carbonyl (C=O) groups excluding carboxylic acids is 3. The van der Waals surface area contributed by atoms with Crippen LogP contribution in [0.4, 0.5) is 22.7 Å². The Balaban J connectivity index is 0.998. The van der Waals surface area contributed by atoms with Gasteiger partial charge >= 0.3 is 0 Å². The lowest BCUT2D eigenvalue weighted by atomic mass is 9.98. The highest BCUT2D eigenvalue weighted by molar-refractivity contribution is 8.77. The summed E-state index contributed by atoms with van der Waals surface area (Å²) in [4.78, 5) is 51.4. The summed E-state index contributed by atoms with van der Waals surface area (Å²) in [5, 5.41) is -1.47. The second-order valence-corrected chi connectivity index (χ2v) is 25.4. The Labute approximate surface area is 460 Å². The number of Topliss-reactive ketones (excluding diaryl/α,β-unsaturated/α-hetero) is 1. The summed E-state index contributed by atoms with van der Waals surface area (Å²) in [5.41, 5.74) is 10.2. The van der Waals surface area contributed by atoms with Crippen LogP contribution in [-0.2, 0) is 56.9 Å². The molecule has 4 aliphatic heterocycles.